The number of furan rings is 1. The molecule has 0 unspecified atom stereocenters. The van der Waals surface area contributed by atoms with Crippen LogP contribution in [0.25, 0.3) is 11.0 Å². The van der Waals surface area contributed by atoms with Crippen LogP contribution in [0, 0.1) is 0 Å². The van der Waals surface area contributed by atoms with E-state index in [2.05, 4.69) is 0 Å². The number of alkyl halides is 1. The molecule has 12 heavy (non-hydrogen) atoms. The number of fused-ring (bicyclic) bond motifs is 1. The Hall–Kier alpha value is -1.51. The Balaban J connectivity index is 2.73. The van der Waals surface area contributed by atoms with Crippen LogP contribution in [0.1, 0.15) is 5.56 Å². The van der Waals surface area contributed by atoms with Crippen molar-refractivity contribution < 1.29 is 8.81 Å². The predicted octanol–water partition coefficient (Wildman–Crippen LogP) is 2.48. The van der Waals surface area contributed by atoms with Crippen LogP contribution in [0.2, 0.25) is 0 Å². The number of anilines is 1. The molecule has 0 bridgehead atoms. The van der Waals surface area contributed by atoms with Gasteiger partial charge >= 0.3 is 0 Å². The standard InChI is InChI=1S/C9H8FNO/c10-4-6-5-12-9-3-7(11)1-2-8(6)9/h1-3,5H,4,11H2. The summed E-state index contributed by atoms with van der Waals surface area (Å²) in [5.74, 6) is 0. The molecule has 2 rings (SSSR count). The topological polar surface area (TPSA) is 39.2 Å². The smallest absolute Gasteiger partial charge is 0.136 e. The van der Waals surface area contributed by atoms with Crippen molar-refractivity contribution in [3.05, 3.63) is 30.0 Å². The third-order valence-corrected chi connectivity index (χ3v) is 1.82. The molecule has 0 aliphatic carbocycles. The third kappa shape index (κ3) is 0.942. The van der Waals surface area contributed by atoms with Crippen LogP contribution in [0.3, 0.4) is 0 Å². The third-order valence-electron chi connectivity index (χ3n) is 1.82. The first-order valence-electron chi connectivity index (χ1n) is 3.63. The molecule has 1 aromatic heterocycles. The first-order chi connectivity index (χ1) is 5.81. The van der Waals surface area contributed by atoms with Gasteiger partial charge in [0.1, 0.15) is 12.3 Å². The maximum atomic E-state index is 12.3. The lowest BCUT2D eigenvalue weighted by atomic mass is 10.2. The normalized spacial score (nSPS) is 10.8. The quantitative estimate of drug-likeness (QED) is 0.659. The van der Waals surface area contributed by atoms with Gasteiger partial charge in [0.05, 0.1) is 6.26 Å². The Morgan fingerprint density at radius 1 is 1.42 bits per heavy atom. The molecule has 0 saturated heterocycles. The summed E-state index contributed by atoms with van der Waals surface area (Å²) >= 11 is 0. The molecule has 0 saturated carbocycles. The molecule has 2 aromatic rings. The molecule has 62 valence electrons. The van der Waals surface area contributed by atoms with Gasteiger partial charge in [-0.05, 0) is 12.1 Å². The van der Waals surface area contributed by atoms with E-state index < -0.39 is 6.67 Å². The molecular weight excluding hydrogens is 157 g/mol. The second kappa shape index (κ2) is 2.52. The van der Waals surface area contributed by atoms with Crippen molar-refractivity contribution in [2.75, 3.05) is 5.73 Å². The Morgan fingerprint density at radius 2 is 2.25 bits per heavy atom. The van der Waals surface area contributed by atoms with E-state index in [9.17, 15) is 4.39 Å². The molecule has 0 atom stereocenters. The molecular formula is C9H8FNO. The average Bonchev–Trinajstić information content (AvgIpc) is 2.46. The number of nitrogens with two attached hydrogens (primary N) is 1. The van der Waals surface area contributed by atoms with Gasteiger partial charge in [0.15, 0.2) is 0 Å². The number of halogens is 1. The fourth-order valence-corrected chi connectivity index (χ4v) is 1.20. The van der Waals surface area contributed by atoms with E-state index in [4.69, 9.17) is 10.2 Å². The number of hydrogen-bond donors (Lipinski definition) is 1. The SMILES string of the molecule is Nc1ccc2c(CF)coc2c1. The molecule has 0 radical (unpaired) electrons. The van der Waals surface area contributed by atoms with Gasteiger partial charge < -0.3 is 10.2 Å². The predicted molar refractivity (Wildman–Crippen MR) is 45.4 cm³/mol. The van der Waals surface area contributed by atoms with E-state index in [0.717, 1.165) is 5.39 Å². The van der Waals surface area contributed by atoms with E-state index in [1.54, 1.807) is 18.2 Å². The summed E-state index contributed by atoms with van der Waals surface area (Å²) in [4.78, 5) is 0. The number of benzene rings is 1. The second-order valence-corrected chi connectivity index (χ2v) is 2.65. The minimum absolute atomic E-state index is 0.503. The van der Waals surface area contributed by atoms with E-state index >= 15 is 0 Å². The van der Waals surface area contributed by atoms with Crippen LogP contribution < -0.4 is 5.73 Å². The van der Waals surface area contributed by atoms with Gasteiger partial charge in [-0.1, -0.05) is 0 Å². The Morgan fingerprint density at radius 3 is 3.00 bits per heavy atom. The summed E-state index contributed by atoms with van der Waals surface area (Å²) in [5.41, 5.74) is 7.36. The van der Waals surface area contributed by atoms with Gasteiger partial charge in [-0.25, -0.2) is 4.39 Å². The van der Waals surface area contributed by atoms with Crippen LogP contribution in [-0.4, -0.2) is 0 Å². The van der Waals surface area contributed by atoms with Gasteiger partial charge in [0.2, 0.25) is 0 Å². The largest absolute Gasteiger partial charge is 0.464 e. The molecule has 0 spiro atoms. The van der Waals surface area contributed by atoms with Crippen LogP contribution in [-0.2, 0) is 6.67 Å². The van der Waals surface area contributed by atoms with E-state index in [0.29, 0.717) is 16.8 Å². The van der Waals surface area contributed by atoms with Crippen molar-refractivity contribution in [1.82, 2.24) is 0 Å². The summed E-state index contributed by atoms with van der Waals surface area (Å²) in [6, 6.07) is 5.19. The summed E-state index contributed by atoms with van der Waals surface area (Å²) < 4.78 is 17.4. The lowest BCUT2D eigenvalue weighted by Crippen LogP contribution is -1.82. The van der Waals surface area contributed by atoms with Crippen LogP contribution in [0.5, 0.6) is 0 Å². The van der Waals surface area contributed by atoms with Crippen molar-refractivity contribution in [1.29, 1.82) is 0 Å². The second-order valence-electron chi connectivity index (χ2n) is 2.65. The fraction of sp³-hybridized carbons (Fsp3) is 0.111. The van der Waals surface area contributed by atoms with Crippen LogP contribution in [0.4, 0.5) is 10.1 Å². The summed E-state index contributed by atoms with van der Waals surface area (Å²) in [7, 11) is 0. The zero-order valence-corrected chi connectivity index (χ0v) is 6.38. The summed E-state index contributed by atoms with van der Waals surface area (Å²) in [6.45, 7) is -0.503. The van der Waals surface area contributed by atoms with Crippen molar-refractivity contribution >= 4 is 16.7 Å². The van der Waals surface area contributed by atoms with E-state index in [1.165, 1.54) is 6.26 Å². The van der Waals surface area contributed by atoms with E-state index in [1.807, 2.05) is 0 Å². The van der Waals surface area contributed by atoms with Crippen molar-refractivity contribution in [3.63, 3.8) is 0 Å². The average molecular weight is 165 g/mol. The fourth-order valence-electron chi connectivity index (χ4n) is 1.20. The summed E-state index contributed by atoms with van der Waals surface area (Å²) in [5, 5.41) is 0.798. The molecule has 3 heteroatoms. The Bertz CT molecular complexity index is 408. The minimum atomic E-state index is -0.503. The van der Waals surface area contributed by atoms with Crippen molar-refractivity contribution in [2.24, 2.45) is 0 Å². The number of nitrogen functional groups attached to an aromatic ring is 1. The van der Waals surface area contributed by atoms with Crippen molar-refractivity contribution in [3.8, 4) is 0 Å². The molecule has 0 amide bonds. The number of hydrogen-bond acceptors (Lipinski definition) is 2. The zero-order valence-electron chi connectivity index (χ0n) is 6.38. The van der Waals surface area contributed by atoms with E-state index in [-0.39, 0.29) is 0 Å². The molecule has 1 aromatic carbocycles. The maximum absolute atomic E-state index is 12.3. The minimum Gasteiger partial charge on any atom is -0.464 e. The molecule has 1 heterocycles. The Labute approximate surface area is 68.8 Å². The highest BCUT2D eigenvalue weighted by molar-refractivity contribution is 5.83. The van der Waals surface area contributed by atoms with Gasteiger partial charge in [-0.2, -0.15) is 0 Å². The molecule has 2 N–H and O–H groups in total. The van der Waals surface area contributed by atoms with Gasteiger partial charge in [0, 0.05) is 22.7 Å². The van der Waals surface area contributed by atoms with Gasteiger partial charge in [-0.3, -0.25) is 0 Å². The van der Waals surface area contributed by atoms with Crippen LogP contribution >= 0.6 is 0 Å². The first kappa shape index (κ1) is 7.16. The highest BCUT2D eigenvalue weighted by Crippen LogP contribution is 2.23. The zero-order chi connectivity index (χ0) is 8.55. The highest BCUT2D eigenvalue weighted by atomic mass is 19.1. The molecule has 0 fully saturated rings. The highest BCUT2D eigenvalue weighted by Gasteiger charge is 2.04. The summed E-state index contributed by atoms with van der Waals surface area (Å²) in [6.07, 6.45) is 1.42. The maximum Gasteiger partial charge on any atom is 0.136 e. The van der Waals surface area contributed by atoms with Crippen molar-refractivity contribution in [2.45, 2.75) is 6.67 Å². The number of rotatable bonds is 1. The van der Waals surface area contributed by atoms with Gasteiger partial charge in [0.25, 0.3) is 0 Å². The lowest BCUT2D eigenvalue weighted by Gasteiger charge is -1.92. The van der Waals surface area contributed by atoms with Crippen LogP contribution in [0.15, 0.2) is 28.9 Å². The molecule has 0 aliphatic heterocycles. The molecule has 0 aliphatic rings. The monoisotopic (exact) mass is 165 g/mol. The molecule has 2 nitrogen and oxygen atoms in total. The Kier molecular flexibility index (Phi) is 1.50. The first-order valence-corrected chi connectivity index (χ1v) is 3.63. The van der Waals surface area contributed by atoms with Gasteiger partial charge in [-0.15, -0.1) is 0 Å². The lowest BCUT2D eigenvalue weighted by molar-refractivity contribution is 0.480.